The maximum atomic E-state index is 14.1. The number of pyridine rings is 2. The molecule has 7 nitrogen and oxygen atoms in total. The highest BCUT2D eigenvalue weighted by atomic mass is 35.5. The zero-order chi connectivity index (χ0) is 19.4. The van der Waals surface area contributed by atoms with Gasteiger partial charge in [-0.3, -0.25) is 9.78 Å². The largest absolute Gasteiger partial charge is 0.377 e. The van der Waals surface area contributed by atoms with Crippen LogP contribution in [0.2, 0.25) is 5.02 Å². The Morgan fingerprint density at radius 2 is 2.00 bits per heavy atom. The van der Waals surface area contributed by atoms with Gasteiger partial charge in [0.25, 0.3) is 0 Å². The molecule has 0 aliphatic heterocycles. The van der Waals surface area contributed by atoms with Crippen LogP contribution in [0, 0.1) is 5.82 Å². The van der Waals surface area contributed by atoms with Crippen molar-refractivity contribution in [2.45, 2.75) is 25.9 Å². The summed E-state index contributed by atoms with van der Waals surface area (Å²) < 4.78 is 19.3. The van der Waals surface area contributed by atoms with Crippen molar-refractivity contribution in [3.63, 3.8) is 0 Å². The van der Waals surface area contributed by atoms with Crippen molar-refractivity contribution in [3.8, 4) is 5.82 Å². The van der Waals surface area contributed by atoms with Crippen molar-refractivity contribution in [2.24, 2.45) is 0 Å². The van der Waals surface area contributed by atoms with E-state index in [9.17, 15) is 9.18 Å². The third kappa shape index (κ3) is 4.35. The Kier molecular flexibility index (Phi) is 5.88. The van der Waals surface area contributed by atoms with E-state index in [1.54, 1.807) is 19.2 Å². The number of halogens is 2. The molecule has 0 fully saturated rings. The molecule has 0 spiro atoms. The van der Waals surface area contributed by atoms with Crippen LogP contribution < -0.4 is 0 Å². The lowest BCUT2D eigenvalue weighted by atomic mass is 9.98. The van der Waals surface area contributed by atoms with E-state index >= 15 is 0 Å². The highest BCUT2D eigenvalue weighted by molar-refractivity contribution is 6.32. The van der Waals surface area contributed by atoms with Gasteiger partial charge in [-0.05, 0) is 24.1 Å². The zero-order valence-electron chi connectivity index (χ0n) is 14.8. The van der Waals surface area contributed by atoms with E-state index in [2.05, 4.69) is 20.2 Å². The predicted molar refractivity (Wildman–Crippen MR) is 96.2 cm³/mol. The number of rotatable bonds is 7. The summed E-state index contributed by atoms with van der Waals surface area (Å²) in [5, 5.41) is 8.28. The number of methoxy groups -OCH3 is 1. The van der Waals surface area contributed by atoms with Gasteiger partial charge in [0.2, 0.25) is 0 Å². The predicted octanol–water partition coefficient (Wildman–Crippen LogP) is 2.91. The van der Waals surface area contributed by atoms with Gasteiger partial charge in [-0.1, -0.05) is 11.6 Å². The molecular formula is C18H17ClFN5O2. The van der Waals surface area contributed by atoms with Gasteiger partial charge >= 0.3 is 0 Å². The number of nitrogens with zero attached hydrogens (tertiary/aromatic N) is 5. The Labute approximate surface area is 160 Å². The quantitative estimate of drug-likeness (QED) is 0.618. The minimum atomic E-state index is -0.490. The second kappa shape index (κ2) is 8.32. The van der Waals surface area contributed by atoms with Gasteiger partial charge in [0, 0.05) is 37.9 Å². The van der Waals surface area contributed by atoms with Crippen LogP contribution in [0.5, 0.6) is 0 Å². The number of ketones is 1. The molecule has 3 heterocycles. The Morgan fingerprint density at radius 1 is 1.26 bits per heavy atom. The zero-order valence-corrected chi connectivity index (χ0v) is 15.5. The van der Waals surface area contributed by atoms with Crippen molar-refractivity contribution >= 4 is 17.4 Å². The third-order valence-electron chi connectivity index (χ3n) is 4.06. The van der Waals surface area contributed by atoms with Crippen molar-refractivity contribution < 1.29 is 13.9 Å². The Hall–Kier alpha value is -2.71. The van der Waals surface area contributed by atoms with Gasteiger partial charge in [0.05, 0.1) is 29.7 Å². The van der Waals surface area contributed by atoms with Crippen molar-refractivity contribution in [1.29, 1.82) is 0 Å². The summed E-state index contributed by atoms with van der Waals surface area (Å²) in [6, 6.07) is 1.65. The molecule has 27 heavy (non-hydrogen) atoms. The second-order valence-corrected chi connectivity index (χ2v) is 6.34. The van der Waals surface area contributed by atoms with Crippen molar-refractivity contribution in [1.82, 2.24) is 25.0 Å². The molecular weight excluding hydrogens is 373 g/mol. The van der Waals surface area contributed by atoms with E-state index in [1.165, 1.54) is 30.5 Å². The molecule has 0 saturated carbocycles. The van der Waals surface area contributed by atoms with Crippen LogP contribution in [0.1, 0.15) is 29.7 Å². The maximum absolute atomic E-state index is 14.1. The molecule has 140 valence electrons. The second-order valence-electron chi connectivity index (χ2n) is 5.93. The number of ether oxygens (including phenoxy) is 1. The van der Waals surface area contributed by atoms with E-state index in [0.29, 0.717) is 27.5 Å². The highest BCUT2D eigenvalue weighted by Gasteiger charge is 2.18. The fraction of sp³-hybridized carbons (Fsp3) is 0.278. The molecule has 0 aliphatic carbocycles. The third-order valence-corrected chi connectivity index (χ3v) is 4.34. The molecule has 0 saturated heterocycles. The molecule has 0 aromatic carbocycles. The minimum absolute atomic E-state index is 0.0356. The van der Waals surface area contributed by atoms with Gasteiger partial charge in [-0.15, -0.1) is 4.80 Å². The molecule has 0 amide bonds. The van der Waals surface area contributed by atoms with Crippen LogP contribution in [-0.2, 0) is 22.4 Å². The SMILES string of the molecule is COC(C)c1c(F)cncc1CC(=O)Cc1cnc(-n2nccn2)c(Cl)c1. The number of aromatic nitrogens is 5. The average molecular weight is 390 g/mol. The molecule has 1 unspecified atom stereocenters. The standard InChI is InChI=1S/C18H17ClFN5O2/c1-11(27-2)17-13(9-21-10-16(17)20)7-14(26)5-12-6-15(19)18(22-8-12)25-23-3-4-24-25/h3-4,6,8-11H,5,7H2,1-2H3. The van der Waals surface area contributed by atoms with Crippen LogP contribution in [0.3, 0.4) is 0 Å². The van der Waals surface area contributed by atoms with E-state index in [0.717, 1.165) is 6.20 Å². The van der Waals surface area contributed by atoms with Crippen LogP contribution >= 0.6 is 11.6 Å². The number of hydrogen-bond acceptors (Lipinski definition) is 6. The number of carbonyl (C=O) groups is 1. The Morgan fingerprint density at radius 3 is 2.67 bits per heavy atom. The fourth-order valence-corrected chi connectivity index (χ4v) is 3.01. The van der Waals surface area contributed by atoms with Crippen molar-refractivity contribution in [3.05, 3.63) is 64.6 Å². The average Bonchev–Trinajstić information content (AvgIpc) is 3.15. The van der Waals surface area contributed by atoms with Crippen molar-refractivity contribution in [2.75, 3.05) is 7.11 Å². The Balaban J connectivity index is 1.75. The smallest absolute Gasteiger partial charge is 0.193 e. The fourth-order valence-electron chi connectivity index (χ4n) is 2.74. The lowest BCUT2D eigenvalue weighted by molar-refractivity contribution is -0.117. The molecule has 1 atom stereocenters. The van der Waals surface area contributed by atoms with E-state index in [4.69, 9.17) is 16.3 Å². The molecule has 3 aromatic rings. The first-order chi connectivity index (χ1) is 13.0. The lowest BCUT2D eigenvalue weighted by Crippen LogP contribution is -2.13. The summed E-state index contributed by atoms with van der Waals surface area (Å²) in [5.74, 6) is -0.228. The van der Waals surface area contributed by atoms with Crippen LogP contribution in [0.25, 0.3) is 5.82 Å². The van der Waals surface area contributed by atoms with Crippen LogP contribution in [0.15, 0.2) is 37.1 Å². The topological polar surface area (TPSA) is 82.8 Å². The first-order valence-electron chi connectivity index (χ1n) is 8.17. The number of Topliss-reactive ketones (excluding diaryl/α,β-unsaturated/α-hetero) is 1. The van der Waals surface area contributed by atoms with Crippen LogP contribution in [-0.4, -0.2) is 37.9 Å². The highest BCUT2D eigenvalue weighted by Crippen LogP contribution is 2.24. The summed E-state index contributed by atoms with van der Waals surface area (Å²) in [7, 11) is 1.49. The van der Waals surface area contributed by atoms with Gasteiger partial charge in [-0.2, -0.15) is 10.2 Å². The molecule has 3 aromatic heterocycles. The molecule has 0 bridgehead atoms. The molecule has 0 aliphatic rings. The normalized spacial score (nSPS) is 12.1. The summed E-state index contributed by atoms with van der Waals surface area (Å²) in [5.41, 5.74) is 1.49. The van der Waals surface area contributed by atoms with Gasteiger partial charge < -0.3 is 4.74 Å². The van der Waals surface area contributed by atoms with Gasteiger partial charge in [0.1, 0.15) is 11.6 Å². The first kappa shape index (κ1) is 19.1. The Bertz CT molecular complexity index is 949. The molecule has 9 heteroatoms. The monoisotopic (exact) mass is 389 g/mol. The van der Waals surface area contributed by atoms with Gasteiger partial charge in [0.15, 0.2) is 5.82 Å². The summed E-state index contributed by atoms with van der Waals surface area (Å²) in [6.45, 7) is 1.72. The lowest BCUT2D eigenvalue weighted by Gasteiger charge is -2.15. The number of hydrogen-bond donors (Lipinski definition) is 0. The van der Waals surface area contributed by atoms with E-state index < -0.39 is 11.9 Å². The first-order valence-corrected chi connectivity index (χ1v) is 8.55. The van der Waals surface area contributed by atoms with Crippen LogP contribution in [0.4, 0.5) is 4.39 Å². The summed E-state index contributed by atoms with van der Waals surface area (Å²) in [6.07, 6.45) is 6.85. The maximum Gasteiger partial charge on any atom is 0.193 e. The number of carbonyl (C=O) groups excluding carboxylic acids is 1. The minimum Gasteiger partial charge on any atom is -0.377 e. The summed E-state index contributed by atoms with van der Waals surface area (Å²) in [4.78, 5) is 21.8. The van der Waals surface area contributed by atoms with E-state index in [-0.39, 0.29) is 18.6 Å². The molecule has 0 radical (unpaired) electrons. The van der Waals surface area contributed by atoms with E-state index in [1.807, 2.05) is 0 Å². The molecule has 0 N–H and O–H groups in total. The van der Waals surface area contributed by atoms with Gasteiger partial charge in [-0.25, -0.2) is 9.37 Å². The molecule has 3 rings (SSSR count). The summed E-state index contributed by atoms with van der Waals surface area (Å²) >= 11 is 6.22.